The van der Waals surface area contributed by atoms with Gasteiger partial charge in [0.1, 0.15) is 17.4 Å². The molecule has 0 saturated carbocycles. The summed E-state index contributed by atoms with van der Waals surface area (Å²) in [4.78, 5) is 31.8. The predicted octanol–water partition coefficient (Wildman–Crippen LogP) is 4.32. The Labute approximate surface area is 234 Å². The van der Waals surface area contributed by atoms with Crippen LogP contribution in [-0.2, 0) is 25.8 Å². The minimum atomic E-state index is -4.87. The third-order valence-corrected chi connectivity index (χ3v) is 9.10. The number of alkyl carbamates (subject to hydrolysis) is 1. The highest BCUT2D eigenvalue weighted by molar-refractivity contribution is 8.16. The minimum absolute atomic E-state index is 0.116. The van der Waals surface area contributed by atoms with Crippen molar-refractivity contribution in [2.45, 2.75) is 56.5 Å². The third kappa shape index (κ3) is 7.90. The predicted molar refractivity (Wildman–Crippen MR) is 145 cm³/mol. The molecule has 1 N–H and O–H groups in total. The topological polar surface area (TPSA) is 114 Å². The Bertz CT molecular complexity index is 1380. The average molecular weight is 600 g/mol. The molecule has 2 aliphatic heterocycles. The van der Waals surface area contributed by atoms with E-state index < -0.39 is 56.9 Å². The molecule has 14 heteroatoms. The van der Waals surface area contributed by atoms with Gasteiger partial charge in [-0.25, -0.2) is 13.2 Å². The fourth-order valence-electron chi connectivity index (χ4n) is 4.35. The molecule has 0 spiro atoms. The molecule has 2 amide bonds. The van der Waals surface area contributed by atoms with E-state index in [1.54, 1.807) is 49.9 Å². The normalized spacial score (nSPS) is 22.1. The van der Waals surface area contributed by atoms with E-state index in [2.05, 4.69) is 15.0 Å². The minimum Gasteiger partial charge on any atom is -0.444 e. The molecule has 4 rings (SSSR count). The lowest BCUT2D eigenvalue weighted by atomic mass is 10.1. The molecular weight excluding hydrogens is 571 g/mol. The number of amides is 2. The summed E-state index contributed by atoms with van der Waals surface area (Å²) in [5, 5.41) is 2.33. The van der Waals surface area contributed by atoms with Crippen molar-refractivity contribution < 1.29 is 40.7 Å². The van der Waals surface area contributed by atoms with Crippen LogP contribution in [0, 0.1) is 0 Å². The lowest BCUT2D eigenvalue weighted by molar-refractivity contribution is -0.274. The van der Waals surface area contributed by atoms with E-state index in [0.717, 1.165) is 29.5 Å². The summed E-state index contributed by atoms with van der Waals surface area (Å²) in [6.07, 6.45) is -5.56. The summed E-state index contributed by atoms with van der Waals surface area (Å²) in [5.41, 5.74) is 0.299. The Balaban J connectivity index is 1.64. The molecule has 0 unspecified atom stereocenters. The van der Waals surface area contributed by atoms with Crippen molar-refractivity contribution in [3.8, 4) is 5.75 Å². The van der Waals surface area contributed by atoms with E-state index in [1.165, 1.54) is 12.1 Å². The van der Waals surface area contributed by atoms with Gasteiger partial charge in [-0.15, -0.1) is 13.2 Å². The van der Waals surface area contributed by atoms with Gasteiger partial charge in [0.2, 0.25) is 0 Å². The molecule has 2 saturated heterocycles. The number of nitrogens with one attached hydrogen (secondary N) is 1. The first-order chi connectivity index (χ1) is 18.6. The van der Waals surface area contributed by atoms with Crippen LogP contribution in [0.25, 0.3) is 0 Å². The van der Waals surface area contributed by atoms with Gasteiger partial charge in [-0.3, -0.25) is 4.79 Å². The number of carbonyl (C=O) groups excluding carboxylic acids is 2. The molecule has 0 bridgehead atoms. The van der Waals surface area contributed by atoms with E-state index in [4.69, 9.17) is 4.74 Å². The number of aliphatic imine (C=N–C) groups is 1. The first-order valence-electron chi connectivity index (χ1n) is 12.3. The number of halogens is 3. The van der Waals surface area contributed by atoms with Crippen LogP contribution in [0.4, 0.5) is 23.7 Å². The van der Waals surface area contributed by atoms with Crippen LogP contribution in [0.2, 0.25) is 0 Å². The number of hydrogen-bond acceptors (Lipinski definition) is 7. The quantitative estimate of drug-likeness (QED) is 0.522. The monoisotopic (exact) mass is 599 g/mol. The standard InChI is InChI=1S/C26H28F3N3O6S2/c1-25(2,3)38-24(34)30-19(13-16-7-5-4-6-8-16)22(33)31-23-32(20-14-40(35,36)15-21(20)39-23)17-9-11-18(12-10-17)37-26(27,28)29/h4-12,19-21H,13-15H2,1-3H3,(H,30,34)/t19-,20+,21-/m1/s1. The van der Waals surface area contributed by atoms with Gasteiger partial charge < -0.3 is 19.7 Å². The maximum atomic E-state index is 13.5. The molecule has 3 atom stereocenters. The zero-order valence-electron chi connectivity index (χ0n) is 21.8. The van der Waals surface area contributed by atoms with Gasteiger partial charge in [-0.2, -0.15) is 4.99 Å². The van der Waals surface area contributed by atoms with Gasteiger partial charge in [-0.05, 0) is 50.6 Å². The van der Waals surface area contributed by atoms with Crippen molar-refractivity contribution in [2.75, 3.05) is 16.4 Å². The molecule has 0 radical (unpaired) electrons. The zero-order valence-corrected chi connectivity index (χ0v) is 23.5. The Morgan fingerprint density at radius 2 is 1.73 bits per heavy atom. The molecule has 2 fully saturated rings. The molecule has 0 aromatic heterocycles. The Morgan fingerprint density at radius 1 is 1.07 bits per heavy atom. The number of sulfone groups is 1. The molecular formula is C26H28F3N3O6S2. The second-order valence-electron chi connectivity index (χ2n) is 10.3. The van der Waals surface area contributed by atoms with Crippen LogP contribution < -0.4 is 15.0 Å². The van der Waals surface area contributed by atoms with Gasteiger partial charge in [0.15, 0.2) is 15.0 Å². The highest BCUT2D eigenvalue weighted by Crippen LogP contribution is 2.41. The summed E-state index contributed by atoms with van der Waals surface area (Å²) in [6, 6.07) is 12.2. The summed E-state index contributed by atoms with van der Waals surface area (Å²) in [5.74, 6) is -1.48. The fourth-order valence-corrected chi connectivity index (χ4v) is 8.27. The van der Waals surface area contributed by atoms with Crippen molar-refractivity contribution >= 4 is 44.5 Å². The largest absolute Gasteiger partial charge is 0.573 e. The Kier molecular flexibility index (Phi) is 8.41. The maximum absolute atomic E-state index is 13.5. The number of amidine groups is 1. The van der Waals surface area contributed by atoms with Crippen LogP contribution in [-0.4, -0.2) is 66.4 Å². The Morgan fingerprint density at radius 3 is 2.33 bits per heavy atom. The highest BCUT2D eigenvalue weighted by Gasteiger charge is 2.49. The molecule has 2 aromatic rings. The number of fused-ring (bicyclic) bond motifs is 1. The summed E-state index contributed by atoms with van der Waals surface area (Å²) < 4.78 is 71.8. The number of hydrogen-bond donors (Lipinski definition) is 1. The number of anilines is 1. The first kappa shape index (κ1) is 29.7. The van der Waals surface area contributed by atoms with Crippen molar-refractivity contribution in [2.24, 2.45) is 4.99 Å². The number of thioether (sulfide) groups is 1. The fraction of sp³-hybridized carbons (Fsp3) is 0.423. The van der Waals surface area contributed by atoms with E-state index in [9.17, 15) is 31.2 Å². The lowest BCUT2D eigenvalue weighted by Gasteiger charge is -2.25. The number of carbonyl (C=O) groups is 2. The second kappa shape index (κ2) is 11.3. The molecule has 0 aliphatic carbocycles. The number of alkyl halides is 3. The van der Waals surface area contributed by atoms with Gasteiger partial charge in [0, 0.05) is 17.4 Å². The molecule has 9 nitrogen and oxygen atoms in total. The third-order valence-electron chi connectivity index (χ3n) is 5.89. The van der Waals surface area contributed by atoms with Gasteiger partial charge in [-0.1, -0.05) is 42.1 Å². The van der Waals surface area contributed by atoms with Crippen LogP contribution in [0.3, 0.4) is 0 Å². The number of nitrogens with zero attached hydrogens (tertiary/aromatic N) is 2. The van der Waals surface area contributed by atoms with Crippen molar-refractivity contribution in [1.82, 2.24) is 5.32 Å². The summed E-state index contributed by atoms with van der Waals surface area (Å²) in [6.45, 7) is 5.06. The Hall–Kier alpha value is -3.26. The smallest absolute Gasteiger partial charge is 0.444 e. The van der Waals surface area contributed by atoms with E-state index in [0.29, 0.717) is 5.69 Å². The molecule has 2 aliphatic rings. The van der Waals surface area contributed by atoms with Crippen molar-refractivity contribution in [1.29, 1.82) is 0 Å². The van der Waals surface area contributed by atoms with Gasteiger partial charge in [0.25, 0.3) is 5.91 Å². The van der Waals surface area contributed by atoms with E-state index in [1.807, 2.05) is 6.07 Å². The zero-order chi connectivity index (χ0) is 29.3. The van der Waals surface area contributed by atoms with Crippen molar-refractivity contribution in [3.05, 3.63) is 60.2 Å². The second-order valence-corrected chi connectivity index (χ2v) is 13.7. The summed E-state index contributed by atoms with van der Waals surface area (Å²) in [7, 11) is -3.37. The lowest BCUT2D eigenvalue weighted by Crippen LogP contribution is -2.45. The highest BCUT2D eigenvalue weighted by atomic mass is 32.2. The van der Waals surface area contributed by atoms with Crippen LogP contribution in [0.5, 0.6) is 5.75 Å². The van der Waals surface area contributed by atoms with Crippen LogP contribution in [0.15, 0.2) is 59.6 Å². The first-order valence-corrected chi connectivity index (χ1v) is 15.0. The van der Waals surface area contributed by atoms with Gasteiger partial charge >= 0.3 is 12.5 Å². The molecule has 40 heavy (non-hydrogen) atoms. The van der Waals surface area contributed by atoms with Crippen LogP contribution >= 0.6 is 11.8 Å². The molecule has 216 valence electrons. The number of ether oxygens (including phenoxy) is 2. The SMILES string of the molecule is CC(C)(C)OC(=O)N[C@H](Cc1ccccc1)C(=O)N=C1S[C@@H]2CS(=O)(=O)C[C@@H]2N1c1ccc(OC(F)(F)F)cc1. The number of benzene rings is 2. The van der Waals surface area contributed by atoms with E-state index >= 15 is 0 Å². The summed E-state index contributed by atoms with van der Waals surface area (Å²) >= 11 is 1.10. The average Bonchev–Trinajstić information content (AvgIpc) is 3.28. The van der Waals surface area contributed by atoms with E-state index in [-0.39, 0.29) is 23.1 Å². The van der Waals surface area contributed by atoms with Crippen molar-refractivity contribution in [3.63, 3.8) is 0 Å². The van der Waals surface area contributed by atoms with Crippen LogP contribution in [0.1, 0.15) is 26.3 Å². The maximum Gasteiger partial charge on any atom is 0.573 e. The molecule has 2 heterocycles. The van der Waals surface area contributed by atoms with Gasteiger partial charge in [0.05, 0.1) is 17.5 Å². The molecule has 2 aromatic carbocycles. The number of rotatable bonds is 6.